The van der Waals surface area contributed by atoms with Gasteiger partial charge in [0, 0.05) is 25.3 Å². The molecule has 0 aliphatic rings. The second kappa shape index (κ2) is 12.1. The minimum atomic E-state index is -1.28. The van der Waals surface area contributed by atoms with E-state index in [2.05, 4.69) is 16.0 Å². The molecule has 0 saturated heterocycles. The Hall–Kier alpha value is -2.34. The normalized spacial score (nSPS) is 12.5. The number of aliphatic carboxylic acids is 2. The Balaban J connectivity index is 4.14. The van der Waals surface area contributed by atoms with Crippen molar-refractivity contribution in [3.8, 4) is 0 Å². The van der Waals surface area contributed by atoms with E-state index >= 15 is 0 Å². The molecule has 0 aliphatic carbocycles. The topological polar surface area (TPSA) is 188 Å². The number of carbonyl (C=O) groups excluding carboxylic acids is 3. The third-order valence-electron chi connectivity index (χ3n) is 2.56. The van der Waals surface area contributed by atoms with Crippen LogP contribution in [0.2, 0.25) is 0 Å². The van der Waals surface area contributed by atoms with E-state index < -0.39 is 41.5 Å². The lowest BCUT2D eigenvalue weighted by Crippen LogP contribution is -2.40. The Morgan fingerprint density at radius 3 is 2.25 bits per heavy atom. The SMILES string of the molecule is N[C@@H](CSC(CC(=O)NCC(=O)NCCNC=O)C(=O)O)C(=O)O. The minimum absolute atomic E-state index is 0.163. The first-order chi connectivity index (χ1) is 11.3. The predicted molar refractivity (Wildman–Crippen MR) is 84.2 cm³/mol. The lowest BCUT2D eigenvalue weighted by atomic mass is 10.3. The molecule has 0 spiro atoms. The van der Waals surface area contributed by atoms with Crippen molar-refractivity contribution in [1.82, 2.24) is 16.0 Å². The van der Waals surface area contributed by atoms with Gasteiger partial charge in [-0.15, -0.1) is 11.8 Å². The molecule has 136 valence electrons. The highest BCUT2D eigenvalue weighted by Gasteiger charge is 2.24. The second-order valence-electron chi connectivity index (χ2n) is 4.51. The van der Waals surface area contributed by atoms with Crippen molar-refractivity contribution in [3.05, 3.63) is 0 Å². The minimum Gasteiger partial charge on any atom is -0.480 e. The summed E-state index contributed by atoms with van der Waals surface area (Å²) in [6.07, 6.45) is 0.0558. The van der Waals surface area contributed by atoms with Crippen molar-refractivity contribution in [1.29, 1.82) is 0 Å². The number of nitrogens with one attached hydrogen (secondary N) is 3. The molecule has 0 aromatic rings. The molecule has 0 saturated carbocycles. The summed E-state index contributed by atoms with van der Waals surface area (Å²) in [6.45, 7) is 0.0877. The summed E-state index contributed by atoms with van der Waals surface area (Å²) in [6, 6.07) is -1.23. The first kappa shape index (κ1) is 21.7. The Labute approximate surface area is 141 Å². The molecule has 0 aromatic carbocycles. The Bertz CT molecular complexity index is 474. The van der Waals surface area contributed by atoms with Crippen LogP contribution in [0.4, 0.5) is 0 Å². The molecule has 7 N–H and O–H groups in total. The third-order valence-corrected chi connectivity index (χ3v) is 3.88. The van der Waals surface area contributed by atoms with Gasteiger partial charge in [0.1, 0.15) is 11.3 Å². The van der Waals surface area contributed by atoms with Gasteiger partial charge in [-0.25, -0.2) is 0 Å². The first-order valence-electron chi connectivity index (χ1n) is 6.81. The number of thioether (sulfide) groups is 1. The molecule has 0 rings (SSSR count). The van der Waals surface area contributed by atoms with Gasteiger partial charge in [0.05, 0.1) is 6.54 Å². The number of hydrogen-bond donors (Lipinski definition) is 6. The highest BCUT2D eigenvalue weighted by Crippen LogP contribution is 2.16. The van der Waals surface area contributed by atoms with E-state index in [4.69, 9.17) is 15.9 Å². The van der Waals surface area contributed by atoms with E-state index in [1.165, 1.54) is 0 Å². The fourth-order valence-corrected chi connectivity index (χ4v) is 2.32. The summed E-state index contributed by atoms with van der Waals surface area (Å²) in [5, 5.41) is 23.5. The van der Waals surface area contributed by atoms with Crippen molar-refractivity contribution in [3.63, 3.8) is 0 Å². The van der Waals surface area contributed by atoms with E-state index in [1.54, 1.807) is 0 Å². The fraction of sp³-hybridized carbons (Fsp3) is 0.583. The van der Waals surface area contributed by atoms with Crippen LogP contribution in [0.3, 0.4) is 0 Å². The van der Waals surface area contributed by atoms with Crippen LogP contribution in [-0.4, -0.2) is 77.1 Å². The Morgan fingerprint density at radius 1 is 1.04 bits per heavy atom. The van der Waals surface area contributed by atoms with E-state index in [1.807, 2.05) is 0 Å². The molecule has 3 amide bonds. The Morgan fingerprint density at radius 2 is 1.71 bits per heavy atom. The van der Waals surface area contributed by atoms with Gasteiger partial charge in [0.15, 0.2) is 0 Å². The fourth-order valence-electron chi connectivity index (χ4n) is 1.32. The monoisotopic (exact) mass is 364 g/mol. The van der Waals surface area contributed by atoms with Crippen molar-refractivity contribution in [2.75, 3.05) is 25.4 Å². The van der Waals surface area contributed by atoms with Crippen molar-refractivity contribution in [2.45, 2.75) is 17.7 Å². The lowest BCUT2D eigenvalue weighted by Gasteiger charge is -2.13. The molecule has 11 nitrogen and oxygen atoms in total. The molecule has 12 heteroatoms. The quantitative estimate of drug-likeness (QED) is 0.146. The lowest BCUT2D eigenvalue weighted by molar-refractivity contribution is -0.139. The Kier molecular flexibility index (Phi) is 10.9. The predicted octanol–water partition coefficient (Wildman–Crippen LogP) is -3.05. The maximum Gasteiger partial charge on any atom is 0.321 e. The molecule has 24 heavy (non-hydrogen) atoms. The maximum atomic E-state index is 11.6. The van der Waals surface area contributed by atoms with E-state index in [0.29, 0.717) is 6.41 Å². The largest absolute Gasteiger partial charge is 0.480 e. The number of hydrogen-bond acceptors (Lipinski definition) is 7. The molecular weight excluding hydrogens is 344 g/mol. The highest BCUT2D eigenvalue weighted by molar-refractivity contribution is 8.00. The average molecular weight is 364 g/mol. The third kappa shape index (κ3) is 10.4. The van der Waals surface area contributed by atoms with Crippen LogP contribution in [0.15, 0.2) is 0 Å². The molecular formula is C12H20N4O7S. The number of carboxylic acids is 2. The molecule has 1 unspecified atom stereocenters. The summed E-state index contributed by atoms with van der Waals surface area (Å²) in [5.41, 5.74) is 5.27. The summed E-state index contributed by atoms with van der Waals surface area (Å²) < 4.78 is 0. The number of carboxylic acid groups (broad SMARTS) is 2. The summed E-state index contributed by atoms with van der Waals surface area (Å²) >= 11 is 0.740. The molecule has 0 radical (unpaired) electrons. The smallest absolute Gasteiger partial charge is 0.321 e. The first-order valence-corrected chi connectivity index (χ1v) is 7.86. The molecule has 0 bridgehead atoms. The number of amides is 3. The highest BCUT2D eigenvalue weighted by atomic mass is 32.2. The van der Waals surface area contributed by atoms with Gasteiger partial charge in [-0.3, -0.25) is 24.0 Å². The van der Waals surface area contributed by atoms with E-state index in [0.717, 1.165) is 11.8 Å². The van der Waals surface area contributed by atoms with Gasteiger partial charge in [-0.1, -0.05) is 0 Å². The maximum absolute atomic E-state index is 11.6. The number of nitrogens with two attached hydrogens (primary N) is 1. The van der Waals surface area contributed by atoms with Crippen LogP contribution in [-0.2, 0) is 24.0 Å². The molecule has 2 atom stereocenters. The van der Waals surface area contributed by atoms with Crippen LogP contribution in [0.25, 0.3) is 0 Å². The molecule has 0 fully saturated rings. The van der Waals surface area contributed by atoms with Crippen LogP contribution in [0.5, 0.6) is 0 Å². The zero-order valence-corrected chi connectivity index (χ0v) is 13.5. The second-order valence-corrected chi connectivity index (χ2v) is 5.74. The van der Waals surface area contributed by atoms with Gasteiger partial charge in [-0.2, -0.15) is 0 Å². The standard InChI is InChI=1S/C12H20N4O7S/c13-7(11(20)21)5-24-8(12(22)23)3-9(18)16-4-10(19)15-2-1-14-6-17/h6-8H,1-5,13H2,(H,14,17)(H,15,19)(H,16,18)(H,20,21)(H,22,23)/t7-,8?/m0/s1. The van der Waals surface area contributed by atoms with Crippen molar-refractivity contribution in [2.24, 2.45) is 5.73 Å². The summed E-state index contributed by atoms with van der Waals surface area (Å²) in [4.78, 5) is 54.6. The van der Waals surface area contributed by atoms with Crippen LogP contribution >= 0.6 is 11.8 Å². The summed E-state index contributed by atoms with van der Waals surface area (Å²) in [5.74, 6) is -3.87. The van der Waals surface area contributed by atoms with Crippen LogP contribution < -0.4 is 21.7 Å². The zero-order chi connectivity index (χ0) is 18.5. The van der Waals surface area contributed by atoms with Crippen molar-refractivity contribution < 1.29 is 34.2 Å². The van der Waals surface area contributed by atoms with Gasteiger partial charge in [0.2, 0.25) is 18.2 Å². The van der Waals surface area contributed by atoms with E-state index in [9.17, 15) is 24.0 Å². The molecule has 0 aliphatic heterocycles. The zero-order valence-electron chi connectivity index (χ0n) is 12.7. The van der Waals surface area contributed by atoms with Crippen LogP contribution in [0, 0.1) is 0 Å². The van der Waals surface area contributed by atoms with Gasteiger partial charge >= 0.3 is 11.9 Å². The average Bonchev–Trinajstić information content (AvgIpc) is 2.52. The van der Waals surface area contributed by atoms with Gasteiger partial charge in [0.25, 0.3) is 0 Å². The van der Waals surface area contributed by atoms with Crippen molar-refractivity contribution >= 4 is 41.9 Å². The van der Waals surface area contributed by atoms with Crippen LogP contribution in [0.1, 0.15) is 6.42 Å². The summed E-state index contributed by atoms with van der Waals surface area (Å²) in [7, 11) is 0. The van der Waals surface area contributed by atoms with E-state index in [-0.39, 0.29) is 25.4 Å². The van der Waals surface area contributed by atoms with Gasteiger partial charge < -0.3 is 31.9 Å². The number of rotatable bonds is 13. The molecule has 0 aromatic heterocycles. The number of carbonyl (C=O) groups is 5. The van der Waals surface area contributed by atoms with Gasteiger partial charge in [-0.05, 0) is 0 Å². The molecule has 0 heterocycles.